The summed E-state index contributed by atoms with van der Waals surface area (Å²) in [6.07, 6.45) is 1.60. The van der Waals surface area contributed by atoms with Gasteiger partial charge in [-0.15, -0.1) is 0 Å². The minimum absolute atomic E-state index is 0.381. The van der Waals surface area contributed by atoms with Gasteiger partial charge in [-0.1, -0.05) is 30.0 Å². The molecular weight excluding hydrogens is 456 g/mol. The summed E-state index contributed by atoms with van der Waals surface area (Å²) in [5.74, 6) is -0.242. The molecule has 3 heterocycles. The van der Waals surface area contributed by atoms with Crippen LogP contribution >= 0.6 is 11.8 Å². The molecule has 172 valence electrons. The maximum atomic E-state index is 13.2. The highest BCUT2D eigenvalue weighted by Gasteiger charge is 2.46. The number of hydrogen-bond donors (Lipinski definition) is 3. The van der Waals surface area contributed by atoms with Crippen molar-refractivity contribution in [3.05, 3.63) is 71.9 Å². The van der Waals surface area contributed by atoms with E-state index in [9.17, 15) is 14.4 Å². The Kier molecular flexibility index (Phi) is 5.58. The summed E-state index contributed by atoms with van der Waals surface area (Å²) < 4.78 is 5.91. The molecule has 5 rings (SSSR count). The molecule has 3 N–H and O–H groups in total. The summed E-state index contributed by atoms with van der Waals surface area (Å²) in [5, 5.41) is 14.1. The number of thioether (sulfide) groups is 1. The van der Waals surface area contributed by atoms with E-state index in [4.69, 9.17) is 9.84 Å². The van der Waals surface area contributed by atoms with Crippen LogP contribution in [0, 0.1) is 6.92 Å². The third-order valence-corrected chi connectivity index (χ3v) is 6.85. The normalized spacial score (nSPS) is 18.1. The summed E-state index contributed by atoms with van der Waals surface area (Å²) in [4.78, 5) is 42.7. The molecule has 9 nitrogen and oxygen atoms in total. The van der Waals surface area contributed by atoms with Crippen LogP contribution in [0.2, 0.25) is 0 Å². The molecule has 0 radical (unpaired) electrons. The standard InChI is InChI=1S/C24H20N4O5S/c1-13-11-15(33-14-5-3-2-4-6-14)7-8-16(13)28-17-9-10-25-23-19(17)20(27-24(28)32)21(34-23)22(31)26-12-18(29)30/h2-11,20-21H,12H2,1H3,(H,26,31)(H,27,32)(H,29,30). The molecule has 0 saturated heterocycles. The zero-order valence-corrected chi connectivity index (χ0v) is 18.8. The lowest BCUT2D eigenvalue weighted by Gasteiger charge is -2.34. The highest BCUT2D eigenvalue weighted by molar-refractivity contribution is 8.01. The maximum absolute atomic E-state index is 13.2. The van der Waals surface area contributed by atoms with Crippen molar-refractivity contribution in [3.63, 3.8) is 0 Å². The van der Waals surface area contributed by atoms with Crippen LogP contribution < -0.4 is 20.3 Å². The monoisotopic (exact) mass is 476 g/mol. The van der Waals surface area contributed by atoms with Crippen LogP contribution in [0.25, 0.3) is 0 Å². The Hall–Kier alpha value is -4.05. The van der Waals surface area contributed by atoms with Gasteiger partial charge in [-0.3, -0.25) is 14.5 Å². The molecule has 34 heavy (non-hydrogen) atoms. The summed E-state index contributed by atoms with van der Waals surface area (Å²) in [5.41, 5.74) is 2.88. The summed E-state index contributed by atoms with van der Waals surface area (Å²) >= 11 is 1.21. The van der Waals surface area contributed by atoms with E-state index < -0.39 is 29.7 Å². The molecule has 2 atom stereocenters. The molecule has 0 spiro atoms. The Balaban J connectivity index is 1.45. The molecule has 2 unspecified atom stereocenters. The number of ether oxygens (including phenoxy) is 1. The average Bonchev–Trinajstić information content (AvgIpc) is 3.19. The van der Waals surface area contributed by atoms with Crippen LogP contribution in [0.3, 0.4) is 0 Å². The Morgan fingerprint density at radius 2 is 1.94 bits per heavy atom. The van der Waals surface area contributed by atoms with E-state index in [1.54, 1.807) is 23.2 Å². The molecule has 10 heteroatoms. The molecule has 2 aromatic carbocycles. The third kappa shape index (κ3) is 3.92. The molecule has 1 aromatic heterocycles. The molecule has 3 aromatic rings. The second-order valence-corrected chi connectivity index (χ2v) is 8.96. The molecule has 2 aliphatic heterocycles. The number of urea groups is 1. The zero-order chi connectivity index (χ0) is 23.8. The lowest BCUT2D eigenvalue weighted by Crippen LogP contribution is -2.49. The maximum Gasteiger partial charge on any atom is 0.327 e. The number of amides is 3. The quantitative estimate of drug-likeness (QED) is 0.495. The second-order valence-electron chi connectivity index (χ2n) is 7.82. The number of nitrogens with one attached hydrogen (secondary N) is 2. The Morgan fingerprint density at radius 3 is 2.68 bits per heavy atom. The first kappa shape index (κ1) is 21.8. The van der Waals surface area contributed by atoms with Crippen molar-refractivity contribution in [2.75, 3.05) is 11.4 Å². The number of nitrogens with zero attached hydrogens (tertiary/aromatic N) is 2. The fourth-order valence-corrected chi connectivity index (χ4v) is 5.35. The Bertz CT molecular complexity index is 1300. The van der Waals surface area contributed by atoms with Crippen LogP contribution in [0.15, 0.2) is 65.8 Å². The number of rotatable bonds is 6. The van der Waals surface area contributed by atoms with Crippen molar-refractivity contribution >= 4 is 41.0 Å². The molecule has 3 amide bonds. The topological polar surface area (TPSA) is 121 Å². The van der Waals surface area contributed by atoms with Gasteiger partial charge in [-0.2, -0.15) is 0 Å². The van der Waals surface area contributed by atoms with Crippen molar-refractivity contribution in [1.29, 1.82) is 0 Å². The largest absolute Gasteiger partial charge is 0.480 e. The van der Waals surface area contributed by atoms with E-state index in [1.165, 1.54) is 11.8 Å². The van der Waals surface area contributed by atoms with E-state index in [0.717, 1.165) is 11.1 Å². The van der Waals surface area contributed by atoms with Gasteiger partial charge in [0, 0.05) is 11.8 Å². The molecule has 0 fully saturated rings. The third-order valence-electron chi connectivity index (χ3n) is 5.57. The van der Waals surface area contributed by atoms with Gasteiger partial charge >= 0.3 is 12.0 Å². The summed E-state index contributed by atoms with van der Waals surface area (Å²) in [6, 6.07) is 15.7. The number of carbonyl (C=O) groups excluding carboxylic acids is 2. The number of carboxylic acids is 1. The van der Waals surface area contributed by atoms with Crippen LogP contribution in [0.5, 0.6) is 11.5 Å². The number of anilines is 2. The minimum Gasteiger partial charge on any atom is -0.480 e. The van der Waals surface area contributed by atoms with Crippen LogP contribution in [-0.2, 0) is 9.59 Å². The smallest absolute Gasteiger partial charge is 0.327 e. The Labute approximate surface area is 199 Å². The number of benzene rings is 2. The summed E-state index contributed by atoms with van der Waals surface area (Å²) in [7, 11) is 0. The van der Waals surface area contributed by atoms with E-state index >= 15 is 0 Å². The van der Waals surface area contributed by atoms with E-state index in [-0.39, 0.29) is 6.03 Å². The molecule has 0 saturated carbocycles. The van der Waals surface area contributed by atoms with Crippen molar-refractivity contribution in [2.45, 2.75) is 23.2 Å². The highest BCUT2D eigenvalue weighted by Crippen LogP contribution is 2.51. The number of aliphatic carboxylic acids is 1. The minimum atomic E-state index is -1.14. The van der Waals surface area contributed by atoms with E-state index in [1.807, 2.05) is 49.4 Å². The van der Waals surface area contributed by atoms with Gasteiger partial charge in [0.15, 0.2) is 0 Å². The molecular formula is C24H20N4O5S. The lowest BCUT2D eigenvalue weighted by atomic mass is 9.99. The van der Waals surface area contributed by atoms with Crippen LogP contribution in [-0.4, -0.2) is 39.8 Å². The first-order chi connectivity index (χ1) is 16.4. The number of carbonyl (C=O) groups is 3. The Morgan fingerprint density at radius 1 is 1.15 bits per heavy atom. The SMILES string of the molecule is Cc1cc(Oc2ccccc2)ccc1N1C(=O)NC2c3c1ccnc3SC2C(=O)NCC(=O)O. The first-order valence-corrected chi connectivity index (χ1v) is 11.4. The number of hydrogen-bond acceptors (Lipinski definition) is 6. The average molecular weight is 477 g/mol. The molecule has 0 aliphatic carbocycles. The highest BCUT2D eigenvalue weighted by atomic mass is 32.2. The van der Waals surface area contributed by atoms with Crippen LogP contribution in [0.4, 0.5) is 16.2 Å². The van der Waals surface area contributed by atoms with E-state index in [0.29, 0.717) is 27.9 Å². The van der Waals surface area contributed by atoms with E-state index in [2.05, 4.69) is 15.6 Å². The predicted molar refractivity (Wildman–Crippen MR) is 126 cm³/mol. The van der Waals surface area contributed by atoms with Crippen LogP contribution in [0.1, 0.15) is 17.2 Å². The molecule has 0 bridgehead atoms. The zero-order valence-electron chi connectivity index (χ0n) is 18.0. The van der Waals surface area contributed by atoms with Crippen molar-refractivity contribution < 1.29 is 24.2 Å². The number of para-hydroxylation sites is 1. The van der Waals surface area contributed by atoms with Gasteiger partial charge in [0.2, 0.25) is 5.91 Å². The predicted octanol–water partition coefficient (Wildman–Crippen LogP) is 3.76. The van der Waals surface area contributed by atoms with Gasteiger partial charge < -0.3 is 20.5 Å². The molecule has 2 aliphatic rings. The van der Waals surface area contributed by atoms with Crippen molar-refractivity contribution in [2.24, 2.45) is 0 Å². The van der Waals surface area contributed by atoms with Gasteiger partial charge in [0.05, 0.1) is 17.4 Å². The number of aryl methyl sites for hydroxylation is 1. The van der Waals surface area contributed by atoms with Gasteiger partial charge in [0.25, 0.3) is 0 Å². The number of aromatic nitrogens is 1. The van der Waals surface area contributed by atoms with Crippen molar-refractivity contribution in [1.82, 2.24) is 15.6 Å². The lowest BCUT2D eigenvalue weighted by molar-refractivity contribution is -0.137. The second kappa shape index (κ2) is 8.71. The summed E-state index contributed by atoms with van der Waals surface area (Å²) in [6.45, 7) is 1.40. The number of carboxylic acid groups (broad SMARTS) is 1. The fourth-order valence-electron chi connectivity index (χ4n) is 4.09. The number of pyridine rings is 1. The van der Waals surface area contributed by atoms with Gasteiger partial charge in [0.1, 0.15) is 28.3 Å². The van der Waals surface area contributed by atoms with Gasteiger partial charge in [-0.25, -0.2) is 9.78 Å². The fraction of sp³-hybridized carbons (Fsp3) is 0.167. The van der Waals surface area contributed by atoms with Crippen molar-refractivity contribution in [3.8, 4) is 11.5 Å². The first-order valence-electron chi connectivity index (χ1n) is 10.5. The van der Waals surface area contributed by atoms with Gasteiger partial charge in [-0.05, 0) is 48.9 Å².